The van der Waals surface area contributed by atoms with Crippen molar-refractivity contribution in [2.24, 2.45) is 0 Å². The molecular weight excluding hydrogens is 178 g/mol. The molecule has 2 rings (SSSR count). The highest BCUT2D eigenvalue weighted by atomic mass is 16.6. The minimum atomic E-state index is -0.0726. The quantitative estimate of drug-likeness (QED) is 0.646. The third kappa shape index (κ3) is 2.40. The molecule has 1 saturated heterocycles. The lowest BCUT2D eigenvalue weighted by Gasteiger charge is -2.27. The van der Waals surface area contributed by atoms with Crippen LogP contribution in [0.4, 0.5) is 4.79 Å². The molecule has 0 aromatic rings. The van der Waals surface area contributed by atoms with Gasteiger partial charge in [0, 0.05) is 13.1 Å². The Morgan fingerprint density at radius 2 is 1.64 bits per heavy atom. The molecule has 0 spiro atoms. The third-order valence-electron chi connectivity index (χ3n) is 3.18. The minimum Gasteiger partial charge on any atom is -0.446 e. The molecule has 0 N–H and O–H groups in total. The van der Waals surface area contributed by atoms with Crippen molar-refractivity contribution in [1.82, 2.24) is 4.90 Å². The number of ether oxygens (including phenoxy) is 1. The zero-order valence-electron chi connectivity index (χ0n) is 8.71. The normalized spacial score (nSPS) is 23.9. The number of hydrogen-bond donors (Lipinski definition) is 0. The summed E-state index contributed by atoms with van der Waals surface area (Å²) in [5.74, 6) is 0. The zero-order chi connectivity index (χ0) is 9.80. The molecule has 14 heavy (non-hydrogen) atoms. The standard InChI is InChI=1S/C11H19NO2/c13-11(12-8-4-1-5-9-12)14-10-6-2-3-7-10/h10H,1-9H2. The predicted octanol–water partition coefficient (Wildman–Crippen LogP) is 2.55. The average molecular weight is 197 g/mol. The van der Waals surface area contributed by atoms with Crippen LogP contribution in [0.2, 0.25) is 0 Å². The Hall–Kier alpha value is -0.730. The topological polar surface area (TPSA) is 29.5 Å². The molecule has 1 aliphatic carbocycles. The number of hydrogen-bond acceptors (Lipinski definition) is 2. The first-order valence-electron chi connectivity index (χ1n) is 5.82. The molecule has 0 aromatic carbocycles. The van der Waals surface area contributed by atoms with Crippen molar-refractivity contribution in [2.75, 3.05) is 13.1 Å². The van der Waals surface area contributed by atoms with E-state index in [2.05, 4.69) is 0 Å². The molecule has 3 heteroatoms. The van der Waals surface area contributed by atoms with Gasteiger partial charge >= 0.3 is 6.09 Å². The highest BCUT2D eigenvalue weighted by molar-refractivity contribution is 5.67. The lowest BCUT2D eigenvalue weighted by molar-refractivity contribution is 0.0603. The van der Waals surface area contributed by atoms with Crippen molar-refractivity contribution in [3.63, 3.8) is 0 Å². The second-order valence-corrected chi connectivity index (χ2v) is 4.34. The largest absolute Gasteiger partial charge is 0.446 e. The van der Waals surface area contributed by atoms with E-state index in [1.807, 2.05) is 4.90 Å². The highest BCUT2D eigenvalue weighted by Crippen LogP contribution is 2.22. The van der Waals surface area contributed by atoms with Gasteiger partial charge in [0.05, 0.1) is 0 Å². The van der Waals surface area contributed by atoms with Crippen LogP contribution in [0, 0.1) is 0 Å². The first-order chi connectivity index (χ1) is 6.86. The lowest BCUT2D eigenvalue weighted by atomic mass is 10.1. The monoisotopic (exact) mass is 197 g/mol. The van der Waals surface area contributed by atoms with Crippen LogP contribution in [0.3, 0.4) is 0 Å². The van der Waals surface area contributed by atoms with Crippen molar-refractivity contribution in [3.05, 3.63) is 0 Å². The van der Waals surface area contributed by atoms with Gasteiger partial charge in [-0.3, -0.25) is 0 Å². The number of nitrogens with zero attached hydrogens (tertiary/aromatic N) is 1. The van der Waals surface area contributed by atoms with E-state index in [-0.39, 0.29) is 12.2 Å². The number of carbonyl (C=O) groups excluding carboxylic acids is 1. The lowest BCUT2D eigenvalue weighted by Crippen LogP contribution is -2.37. The van der Waals surface area contributed by atoms with E-state index >= 15 is 0 Å². The molecule has 1 heterocycles. The zero-order valence-corrected chi connectivity index (χ0v) is 8.71. The molecule has 2 aliphatic rings. The van der Waals surface area contributed by atoms with Crippen molar-refractivity contribution >= 4 is 6.09 Å². The van der Waals surface area contributed by atoms with Gasteiger partial charge in [-0.25, -0.2) is 4.79 Å². The van der Waals surface area contributed by atoms with E-state index < -0.39 is 0 Å². The summed E-state index contributed by atoms with van der Waals surface area (Å²) in [5.41, 5.74) is 0. The fourth-order valence-electron chi connectivity index (χ4n) is 2.30. The number of amides is 1. The van der Waals surface area contributed by atoms with Crippen molar-refractivity contribution in [2.45, 2.75) is 51.0 Å². The summed E-state index contributed by atoms with van der Waals surface area (Å²) in [6.07, 6.45) is 8.25. The smallest absolute Gasteiger partial charge is 0.410 e. The molecule has 1 aliphatic heterocycles. The van der Waals surface area contributed by atoms with Crippen molar-refractivity contribution < 1.29 is 9.53 Å². The summed E-state index contributed by atoms with van der Waals surface area (Å²) in [6.45, 7) is 1.79. The Balaban J connectivity index is 1.75. The number of piperidine rings is 1. The van der Waals surface area contributed by atoms with Gasteiger partial charge in [-0.2, -0.15) is 0 Å². The molecule has 80 valence electrons. The van der Waals surface area contributed by atoms with E-state index in [1.54, 1.807) is 0 Å². The molecule has 2 fully saturated rings. The maximum atomic E-state index is 11.7. The van der Waals surface area contributed by atoms with Crippen LogP contribution in [0.25, 0.3) is 0 Å². The Bertz CT molecular complexity index is 193. The van der Waals surface area contributed by atoms with Gasteiger partial charge in [0.15, 0.2) is 0 Å². The van der Waals surface area contributed by atoms with E-state index in [1.165, 1.54) is 19.3 Å². The average Bonchev–Trinajstić information content (AvgIpc) is 2.72. The van der Waals surface area contributed by atoms with Gasteiger partial charge in [0.2, 0.25) is 0 Å². The Labute approximate surface area is 85.4 Å². The van der Waals surface area contributed by atoms with Crippen LogP contribution >= 0.6 is 0 Å². The van der Waals surface area contributed by atoms with Gasteiger partial charge in [-0.15, -0.1) is 0 Å². The summed E-state index contributed by atoms with van der Waals surface area (Å²) < 4.78 is 5.44. The number of likely N-dealkylation sites (tertiary alicyclic amines) is 1. The van der Waals surface area contributed by atoms with Gasteiger partial charge in [-0.05, 0) is 44.9 Å². The van der Waals surface area contributed by atoms with E-state index in [9.17, 15) is 4.79 Å². The second kappa shape index (κ2) is 4.67. The van der Waals surface area contributed by atoms with E-state index in [4.69, 9.17) is 4.74 Å². The van der Waals surface area contributed by atoms with Gasteiger partial charge in [-0.1, -0.05) is 0 Å². The SMILES string of the molecule is O=C(OC1CCCC1)N1CCCCC1. The van der Waals surface area contributed by atoms with Gasteiger partial charge in [0.25, 0.3) is 0 Å². The highest BCUT2D eigenvalue weighted by Gasteiger charge is 2.23. The van der Waals surface area contributed by atoms with Crippen LogP contribution < -0.4 is 0 Å². The van der Waals surface area contributed by atoms with E-state index in [0.29, 0.717) is 0 Å². The Morgan fingerprint density at radius 3 is 2.29 bits per heavy atom. The Kier molecular flexibility index (Phi) is 3.27. The second-order valence-electron chi connectivity index (χ2n) is 4.34. The van der Waals surface area contributed by atoms with E-state index in [0.717, 1.165) is 38.8 Å². The minimum absolute atomic E-state index is 0.0726. The summed E-state index contributed by atoms with van der Waals surface area (Å²) in [4.78, 5) is 13.5. The summed E-state index contributed by atoms with van der Waals surface area (Å²) in [6, 6.07) is 0. The molecule has 1 amide bonds. The first kappa shape index (κ1) is 9.81. The summed E-state index contributed by atoms with van der Waals surface area (Å²) in [7, 11) is 0. The van der Waals surface area contributed by atoms with Crippen LogP contribution in [-0.4, -0.2) is 30.2 Å². The molecule has 0 radical (unpaired) electrons. The third-order valence-corrected chi connectivity index (χ3v) is 3.18. The van der Waals surface area contributed by atoms with Crippen LogP contribution in [0.1, 0.15) is 44.9 Å². The van der Waals surface area contributed by atoms with Crippen molar-refractivity contribution in [1.29, 1.82) is 0 Å². The molecule has 3 nitrogen and oxygen atoms in total. The molecule has 0 unspecified atom stereocenters. The number of carbonyl (C=O) groups is 1. The van der Waals surface area contributed by atoms with Crippen LogP contribution in [-0.2, 0) is 4.74 Å². The van der Waals surface area contributed by atoms with Gasteiger partial charge < -0.3 is 9.64 Å². The molecular formula is C11H19NO2. The van der Waals surface area contributed by atoms with Crippen LogP contribution in [0.5, 0.6) is 0 Å². The Morgan fingerprint density at radius 1 is 1.00 bits per heavy atom. The summed E-state index contributed by atoms with van der Waals surface area (Å²) >= 11 is 0. The number of rotatable bonds is 1. The fraction of sp³-hybridized carbons (Fsp3) is 0.909. The fourth-order valence-corrected chi connectivity index (χ4v) is 2.30. The predicted molar refractivity (Wildman–Crippen MR) is 54.2 cm³/mol. The van der Waals surface area contributed by atoms with Gasteiger partial charge in [0.1, 0.15) is 6.10 Å². The molecule has 0 atom stereocenters. The molecule has 0 bridgehead atoms. The molecule has 1 saturated carbocycles. The maximum Gasteiger partial charge on any atom is 0.410 e. The van der Waals surface area contributed by atoms with Crippen molar-refractivity contribution in [3.8, 4) is 0 Å². The van der Waals surface area contributed by atoms with Crippen LogP contribution in [0.15, 0.2) is 0 Å². The molecule has 0 aromatic heterocycles. The maximum absolute atomic E-state index is 11.7. The first-order valence-corrected chi connectivity index (χ1v) is 5.82. The summed E-state index contributed by atoms with van der Waals surface area (Å²) in [5, 5.41) is 0.